The van der Waals surface area contributed by atoms with Crippen LogP contribution in [0.5, 0.6) is 11.5 Å². The fraction of sp³-hybridized carbons (Fsp3) is 0.364. The van der Waals surface area contributed by atoms with E-state index in [2.05, 4.69) is 5.32 Å². The Kier molecular flexibility index (Phi) is 6.59. The molecule has 1 amide bonds. The monoisotopic (exact) mass is 399 g/mol. The number of carbonyl (C=O) groups excluding carboxylic acids is 1. The van der Waals surface area contributed by atoms with Crippen LogP contribution in [-0.2, 0) is 22.6 Å². The normalized spacial score (nSPS) is 15.7. The molecule has 0 aromatic heterocycles. The Morgan fingerprint density at radius 1 is 1.28 bits per heavy atom. The first-order chi connectivity index (χ1) is 14.0. The first-order valence-corrected chi connectivity index (χ1v) is 9.61. The summed E-state index contributed by atoms with van der Waals surface area (Å²) in [5.74, 6) is 0.181. The van der Waals surface area contributed by atoms with Crippen molar-refractivity contribution in [3.8, 4) is 11.5 Å². The Labute approximate surface area is 169 Å². The predicted molar refractivity (Wildman–Crippen MR) is 106 cm³/mol. The van der Waals surface area contributed by atoms with Crippen LogP contribution in [0.25, 0.3) is 0 Å². The zero-order valence-corrected chi connectivity index (χ0v) is 16.5. The summed E-state index contributed by atoms with van der Waals surface area (Å²) in [6.07, 6.45) is -0.213. The van der Waals surface area contributed by atoms with Gasteiger partial charge in [-0.25, -0.2) is 4.79 Å². The van der Waals surface area contributed by atoms with Crippen LogP contribution >= 0.6 is 0 Å². The number of nitrogens with one attached hydrogen (secondary N) is 1. The smallest absolute Gasteiger partial charge is 0.407 e. The van der Waals surface area contributed by atoms with E-state index < -0.39 is 18.1 Å². The summed E-state index contributed by atoms with van der Waals surface area (Å²) >= 11 is 0. The molecule has 0 radical (unpaired) electrons. The molecule has 2 aromatic rings. The van der Waals surface area contributed by atoms with E-state index in [1.807, 2.05) is 50.2 Å². The Morgan fingerprint density at radius 2 is 2.03 bits per heavy atom. The molecular formula is C22H25NO6. The number of ether oxygens (including phenoxy) is 3. The quantitative estimate of drug-likeness (QED) is 0.700. The first-order valence-electron chi connectivity index (χ1n) is 9.61. The second kappa shape index (κ2) is 9.32. The van der Waals surface area contributed by atoms with E-state index in [4.69, 9.17) is 14.2 Å². The molecule has 0 fully saturated rings. The van der Waals surface area contributed by atoms with Gasteiger partial charge in [0.05, 0.1) is 19.1 Å². The lowest BCUT2D eigenvalue weighted by Gasteiger charge is -2.21. The van der Waals surface area contributed by atoms with Gasteiger partial charge in [-0.3, -0.25) is 4.79 Å². The maximum atomic E-state index is 12.3. The molecule has 1 aliphatic heterocycles. The number of carboxylic acids is 1. The van der Waals surface area contributed by atoms with Crippen LogP contribution in [0.4, 0.5) is 4.79 Å². The van der Waals surface area contributed by atoms with E-state index in [0.717, 1.165) is 17.5 Å². The topological polar surface area (TPSA) is 94.1 Å². The highest BCUT2D eigenvalue weighted by atomic mass is 16.5. The minimum absolute atomic E-state index is 0.0384. The van der Waals surface area contributed by atoms with Gasteiger partial charge in [-0.05, 0) is 31.5 Å². The number of fused-ring (bicyclic) bond motifs is 1. The number of aliphatic carboxylic acids is 1. The highest BCUT2D eigenvalue weighted by Gasteiger charge is 2.27. The molecule has 2 aromatic carbocycles. The maximum absolute atomic E-state index is 12.3. The molecule has 1 unspecified atom stereocenters. The van der Waals surface area contributed by atoms with Gasteiger partial charge in [-0.1, -0.05) is 30.3 Å². The number of carbonyl (C=O) groups is 2. The van der Waals surface area contributed by atoms with E-state index in [1.165, 1.54) is 0 Å². The fourth-order valence-electron chi connectivity index (χ4n) is 3.33. The minimum atomic E-state index is -1.05. The largest absolute Gasteiger partial charge is 0.494 e. The molecule has 3 rings (SSSR count). The molecule has 29 heavy (non-hydrogen) atoms. The molecule has 0 bridgehead atoms. The van der Waals surface area contributed by atoms with Crippen molar-refractivity contribution in [1.82, 2.24) is 5.32 Å². The number of rotatable bonds is 8. The molecule has 0 spiro atoms. The number of hydrogen-bond acceptors (Lipinski definition) is 5. The summed E-state index contributed by atoms with van der Waals surface area (Å²) in [5, 5.41) is 12.0. The summed E-state index contributed by atoms with van der Waals surface area (Å²) in [6, 6.07) is 12.1. The second-order valence-corrected chi connectivity index (χ2v) is 6.92. The van der Waals surface area contributed by atoms with Gasteiger partial charge in [0.1, 0.15) is 24.2 Å². The molecule has 0 saturated heterocycles. The van der Waals surface area contributed by atoms with Crippen molar-refractivity contribution in [3.63, 3.8) is 0 Å². The zero-order valence-electron chi connectivity index (χ0n) is 16.5. The lowest BCUT2D eigenvalue weighted by molar-refractivity contribution is -0.137. The number of benzene rings is 2. The molecule has 1 heterocycles. The predicted octanol–water partition coefficient (Wildman–Crippen LogP) is 3.85. The van der Waals surface area contributed by atoms with Gasteiger partial charge in [-0.2, -0.15) is 0 Å². The lowest BCUT2D eigenvalue weighted by atomic mass is 9.99. The summed E-state index contributed by atoms with van der Waals surface area (Å²) < 4.78 is 16.8. The first kappa shape index (κ1) is 20.5. The van der Waals surface area contributed by atoms with Crippen LogP contribution in [0.1, 0.15) is 43.0 Å². The number of hydrogen-bond donors (Lipinski definition) is 2. The average molecular weight is 399 g/mol. The third kappa shape index (κ3) is 5.40. The van der Waals surface area contributed by atoms with Gasteiger partial charge in [0, 0.05) is 17.5 Å². The van der Waals surface area contributed by atoms with Gasteiger partial charge in [-0.15, -0.1) is 0 Å². The van der Waals surface area contributed by atoms with Crippen LogP contribution in [-0.4, -0.2) is 29.9 Å². The Balaban J connectivity index is 1.79. The van der Waals surface area contributed by atoms with Gasteiger partial charge < -0.3 is 24.6 Å². The molecule has 0 saturated carbocycles. The van der Waals surface area contributed by atoms with E-state index in [0.29, 0.717) is 23.7 Å². The Bertz CT molecular complexity index is 867. The second-order valence-electron chi connectivity index (χ2n) is 6.92. The summed E-state index contributed by atoms with van der Waals surface area (Å²) in [5.41, 5.74) is 2.40. The molecule has 154 valence electrons. The Morgan fingerprint density at radius 3 is 2.72 bits per heavy atom. The maximum Gasteiger partial charge on any atom is 0.407 e. The Hall–Kier alpha value is -3.22. The highest BCUT2D eigenvalue weighted by Crippen LogP contribution is 2.38. The van der Waals surface area contributed by atoms with E-state index >= 15 is 0 Å². The van der Waals surface area contributed by atoms with Gasteiger partial charge >= 0.3 is 12.1 Å². The van der Waals surface area contributed by atoms with E-state index in [1.54, 1.807) is 6.07 Å². The van der Waals surface area contributed by atoms with Crippen LogP contribution in [0.15, 0.2) is 42.5 Å². The third-order valence-electron chi connectivity index (χ3n) is 4.59. The molecule has 1 aliphatic rings. The van der Waals surface area contributed by atoms with Gasteiger partial charge in [0.2, 0.25) is 0 Å². The number of carboxylic acid groups (broad SMARTS) is 1. The third-order valence-corrected chi connectivity index (χ3v) is 4.59. The summed E-state index contributed by atoms with van der Waals surface area (Å²) in [7, 11) is 0. The van der Waals surface area contributed by atoms with Gasteiger partial charge in [0.25, 0.3) is 0 Å². The van der Waals surface area contributed by atoms with E-state index in [9.17, 15) is 14.7 Å². The zero-order chi connectivity index (χ0) is 20.8. The lowest BCUT2D eigenvalue weighted by Crippen LogP contribution is -2.31. The van der Waals surface area contributed by atoms with Crippen molar-refractivity contribution in [1.29, 1.82) is 0 Å². The molecule has 7 nitrogen and oxygen atoms in total. The van der Waals surface area contributed by atoms with Crippen molar-refractivity contribution in [3.05, 3.63) is 59.2 Å². The molecule has 7 heteroatoms. The molecule has 0 aliphatic carbocycles. The van der Waals surface area contributed by atoms with Gasteiger partial charge in [0.15, 0.2) is 0 Å². The van der Waals surface area contributed by atoms with Crippen molar-refractivity contribution >= 4 is 12.1 Å². The standard InChI is InChI=1S/C22H25NO6/c1-3-27-20-10-16-9-14(2)29-19(16)11-17(20)18(12-21(24)25)23-22(26)28-13-15-7-5-4-6-8-15/h4-8,10-11,14,18H,3,9,12-13H2,1-2H3,(H,23,26)(H,24,25)/t14?,18-/m0/s1. The van der Waals surface area contributed by atoms with Crippen molar-refractivity contribution in [2.24, 2.45) is 0 Å². The van der Waals surface area contributed by atoms with Crippen molar-refractivity contribution in [2.75, 3.05) is 6.61 Å². The van der Waals surface area contributed by atoms with Crippen LogP contribution in [0, 0.1) is 0 Å². The van der Waals surface area contributed by atoms with Crippen LogP contribution in [0.3, 0.4) is 0 Å². The minimum Gasteiger partial charge on any atom is -0.494 e. The highest BCUT2D eigenvalue weighted by molar-refractivity contribution is 5.72. The van der Waals surface area contributed by atoms with Crippen molar-refractivity contribution in [2.45, 2.75) is 45.4 Å². The molecule has 2 N–H and O–H groups in total. The van der Waals surface area contributed by atoms with E-state index in [-0.39, 0.29) is 19.1 Å². The summed E-state index contributed by atoms with van der Waals surface area (Å²) in [6.45, 7) is 4.33. The SMILES string of the molecule is CCOc1cc2c(cc1[C@H](CC(=O)O)NC(=O)OCc1ccccc1)OC(C)C2. The van der Waals surface area contributed by atoms with Crippen LogP contribution < -0.4 is 14.8 Å². The summed E-state index contributed by atoms with van der Waals surface area (Å²) in [4.78, 5) is 23.8. The number of alkyl carbamates (subject to hydrolysis) is 1. The molecule has 2 atom stereocenters. The average Bonchev–Trinajstić information content (AvgIpc) is 3.05. The van der Waals surface area contributed by atoms with Crippen molar-refractivity contribution < 1.29 is 28.9 Å². The molecular weight excluding hydrogens is 374 g/mol. The fourth-order valence-corrected chi connectivity index (χ4v) is 3.33. The number of amides is 1. The van der Waals surface area contributed by atoms with Crippen LogP contribution in [0.2, 0.25) is 0 Å².